The molecule has 1 fully saturated rings. The van der Waals surface area contributed by atoms with E-state index >= 15 is 0 Å². The van der Waals surface area contributed by atoms with Gasteiger partial charge < -0.3 is 5.32 Å². The highest BCUT2D eigenvalue weighted by Gasteiger charge is 2.26. The van der Waals surface area contributed by atoms with Crippen LogP contribution in [0.1, 0.15) is 37.8 Å². The number of nitrogens with one attached hydrogen (secondary N) is 1. The molecule has 4 heteroatoms. The first-order chi connectivity index (χ1) is 9.24. The molecule has 0 radical (unpaired) electrons. The third kappa shape index (κ3) is 3.51. The van der Waals surface area contributed by atoms with Crippen LogP contribution in [0.5, 0.6) is 0 Å². The van der Waals surface area contributed by atoms with Crippen LogP contribution < -0.4 is 5.32 Å². The fourth-order valence-corrected chi connectivity index (χ4v) is 2.73. The van der Waals surface area contributed by atoms with Crippen molar-refractivity contribution in [2.45, 2.75) is 32.2 Å². The van der Waals surface area contributed by atoms with E-state index in [-0.39, 0.29) is 11.6 Å². The number of hydrogen-bond acceptors (Lipinski definition) is 2. The van der Waals surface area contributed by atoms with E-state index in [1.807, 2.05) is 0 Å². The molecule has 0 bridgehead atoms. The predicted molar refractivity (Wildman–Crippen MR) is 73.1 cm³/mol. The van der Waals surface area contributed by atoms with Crippen molar-refractivity contribution in [1.82, 2.24) is 10.2 Å². The summed E-state index contributed by atoms with van der Waals surface area (Å²) >= 11 is 0. The van der Waals surface area contributed by atoms with Crippen molar-refractivity contribution in [3.63, 3.8) is 0 Å². The molecule has 1 aliphatic heterocycles. The van der Waals surface area contributed by atoms with Crippen molar-refractivity contribution >= 4 is 0 Å². The summed E-state index contributed by atoms with van der Waals surface area (Å²) < 4.78 is 28.0. The van der Waals surface area contributed by atoms with Crippen LogP contribution in [-0.2, 0) is 0 Å². The number of rotatable bonds is 5. The predicted octanol–water partition coefficient (Wildman–Crippen LogP) is 3.10. The summed E-state index contributed by atoms with van der Waals surface area (Å²) in [4.78, 5) is 2.20. The molecule has 2 rings (SSSR count). The second kappa shape index (κ2) is 6.96. The Balaban J connectivity index is 2.25. The maximum atomic E-state index is 14.0. The van der Waals surface area contributed by atoms with Crippen molar-refractivity contribution in [3.05, 3.63) is 35.4 Å². The molecule has 0 spiro atoms. The molecule has 106 valence electrons. The molecule has 0 unspecified atom stereocenters. The zero-order valence-corrected chi connectivity index (χ0v) is 11.5. The number of piperazine rings is 1. The lowest BCUT2D eigenvalue weighted by molar-refractivity contribution is 0.156. The third-order valence-corrected chi connectivity index (χ3v) is 3.76. The summed E-state index contributed by atoms with van der Waals surface area (Å²) in [6.07, 6.45) is 2.84. The standard InChI is InChI=1S/C15H22F2N2/c1-2-3-7-14(19-10-8-18-9-11-19)15-12(16)5-4-6-13(15)17/h4-6,14,18H,2-3,7-11H2,1H3/t14-/m1/s1. The van der Waals surface area contributed by atoms with E-state index < -0.39 is 11.6 Å². The minimum Gasteiger partial charge on any atom is -0.314 e. The first-order valence-corrected chi connectivity index (χ1v) is 7.12. The Hall–Kier alpha value is -1.00. The lowest BCUT2D eigenvalue weighted by atomic mass is 9.97. The van der Waals surface area contributed by atoms with E-state index in [4.69, 9.17) is 0 Å². The van der Waals surface area contributed by atoms with Crippen molar-refractivity contribution in [1.29, 1.82) is 0 Å². The number of benzene rings is 1. The molecule has 0 amide bonds. The van der Waals surface area contributed by atoms with Crippen molar-refractivity contribution in [2.75, 3.05) is 26.2 Å². The van der Waals surface area contributed by atoms with Crippen LogP contribution in [0.25, 0.3) is 0 Å². The van der Waals surface area contributed by atoms with Crippen molar-refractivity contribution in [3.8, 4) is 0 Å². The molecule has 0 aromatic heterocycles. The Labute approximate surface area is 113 Å². The van der Waals surface area contributed by atoms with Gasteiger partial charge in [-0.15, -0.1) is 0 Å². The van der Waals surface area contributed by atoms with Crippen molar-refractivity contribution in [2.24, 2.45) is 0 Å². The molecule has 0 aliphatic carbocycles. The molecule has 1 saturated heterocycles. The van der Waals surface area contributed by atoms with Gasteiger partial charge in [-0.05, 0) is 18.6 Å². The average molecular weight is 268 g/mol. The topological polar surface area (TPSA) is 15.3 Å². The van der Waals surface area contributed by atoms with E-state index in [0.717, 1.165) is 45.4 Å². The van der Waals surface area contributed by atoms with Crippen LogP contribution in [0.3, 0.4) is 0 Å². The van der Waals surface area contributed by atoms with Crippen LogP contribution in [0.4, 0.5) is 8.78 Å². The van der Waals surface area contributed by atoms with Crippen LogP contribution >= 0.6 is 0 Å². The fourth-order valence-electron chi connectivity index (χ4n) is 2.73. The van der Waals surface area contributed by atoms with Gasteiger partial charge in [-0.3, -0.25) is 4.90 Å². The molecule has 0 saturated carbocycles. The summed E-state index contributed by atoms with van der Waals surface area (Å²) in [5.74, 6) is -0.834. The molecular formula is C15H22F2N2. The second-order valence-corrected chi connectivity index (χ2v) is 5.08. The van der Waals surface area contributed by atoms with E-state index in [2.05, 4.69) is 17.1 Å². The molecule has 1 heterocycles. The molecule has 1 aromatic rings. The molecule has 2 nitrogen and oxygen atoms in total. The van der Waals surface area contributed by atoms with Gasteiger partial charge in [0.1, 0.15) is 11.6 Å². The average Bonchev–Trinajstić information content (AvgIpc) is 2.43. The quantitative estimate of drug-likeness (QED) is 0.882. The maximum absolute atomic E-state index is 14.0. The third-order valence-electron chi connectivity index (χ3n) is 3.76. The Morgan fingerprint density at radius 1 is 1.21 bits per heavy atom. The Kier molecular flexibility index (Phi) is 5.28. The van der Waals surface area contributed by atoms with Gasteiger partial charge in [0, 0.05) is 37.8 Å². The lowest BCUT2D eigenvalue weighted by Gasteiger charge is -2.35. The molecule has 1 aliphatic rings. The van der Waals surface area contributed by atoms with Crippen LogP contribution in [0, 0.1) is 11.6 Å². The van der Waals surface area contributed by atoms with Gasteiger partial charge in [-0.1, -0.05) is 25.8 Å². The summed E-state index contributed by atoms with van der Waals surface area (Å²) in [6.45, 7) is 5.58. The first-order valence-electron chi connectivity index (χ1n) is 7.12. The monoisotopic (exact) mass is 268 g/mol. The minimum absolute atomic E-state index is 0.136. The van der Waals surface area contributed by atoms with Gasteiger partial charge in [0.05, 0.1) is 0 Å². The van der Waals surface area contributed by atoms with Gasteiger partial charge in [-0.2, -0.15) is 0 Å². The number of unbranched alkanes of at least 4 members (excludes halogenated alkanes) is 1. The lowest BCUT2D eigenvalue weighted by Crippen LogP contribution is -2.45. The van der Waals surface area contributed by atoms with Gasteiger partial charge in [0.25, 0.3) is 0 Å². The maximum Gasteiger partial charge on any atom is 0.130 e. The summed E-state index contributed by atoms with van der Waals surface area (Å²) in [7, 11) is 0. The van der Waals surface area contributed by atoms with Crippen molar-refractivity contribution < 1.29 is 8.78 Å². The molecule has 1 N–H and O–H groups in total. The van der Waals surface area contributed by atoms with E-state index in [9.17, 15) is 8.78 Å². The fraction of sp³-hybridized carbons (Fsp3) is 0.600. The highest BCUT2D eigenvalue weighted by Crippen LogP contribution is 2.30. The number of nitrogens with zero attached hydrogens (tertiary/aromatic N) is 1. The van der Waals surface area contributed by atoms with Gasteiger partial charge in [-0.25, -0.2) is 8.78 Å². The first kappa shape index (κ1) is 14.4. The molecular weight excluding hydrogens is 246 g/mol. The van der Waals surface area contributed by atoms with E-state index in [1.54, 1.807) is 0 Å². The SMILES string of the molecule is CCCC[C@H](c1c(F)cccc1F)N1CCNCC1. The summed E-state index contributed by atoms with van der Waals surface area (Å²) in [5, 5.41) is 3.28. The molecule has 1 atom stereocenters. The van der Waals surface area contributed by atoms with Gasteiger partial charge in [0.2, 0.25) is 0 Å². The number of hydrogen-bond donors (Lipinski definition) is 1. The van der Waals surface area contributed by atoms with Crippen LogP contribution in [0.2, 0.25) is 0 Å². The highest BCUT2D eigenvalue weighted by molar-refractivity contribution is 5.23. The van der Waals surface area contributed by atoms with Gasteiger partial charge >= 0.3 is 0 Å². The summed E-state index contributed by atoms with van der Waals surface area (Å²) in [6, 6.07) is 4.02. The minimum atomic E-state index is -0.417. The normalized spacial score (nSPS) is 18.5. The zero-order chi connectivity index (χ0) is 13.7. The van der Waals surface area contributed by atoms with E-state index in [1.165, 1.54) is 18.2 Å². The largest absolute Gasteiger partial charge is 0.314 e. The highest BCUT2D eigenvalue weighted by atomic mass is 19.1. The molecule has 1 aromatic carbocycles. The summed E-state index contributed by atoms with van der Waals surface area (Å²) in [5.41, 5.74) is 0.248. The Morgan fingerprint density at radius 2 is 1.84 bits per heavy atom. The second-order valence-electron chi connectivity index (χ2n) is 5.08. The Morgan fingerprint density at radius 3 is 2.42 bits per heavy atom. The molecule has 19 heavy (non-hydrogen) atoms. The zero-order valence-electron chi connectivity index (χ0n) is 11.5. The smallest absolute Gasteiger partial charge is 0.130 e. The van der Waals surface area contributed by atoms with Crippen LogP contribution in [-0.4, -0.2) is 31.1 Å². The van der Waals surface area contributed by atoms with Crippen LogP contribution in [0.15, 0.2) is 18.2 Å². The Bertz CT molecular complexity index is 383. The van der Waals surface area contributed by atoms with E-state index in [0.29, 0.717) is 0 Å². The van der Waals surface area contributed by atoms with Gasteiger partial charge in [0.15, 0.2) is 0 Å². The number of halogens is 2.